The van der Waals surface area contributed by atoms with E-state index < -0.39 is 0 Å². The Labute approximate surface area is 93.2 Å². The van der Waals surface area contributed by atoms with Gasteiger partial charge in [0.15, 0.2) is 0 Å². The molecule has 1 amide bonds. The molecule has 1 N–H and O–H groups in total. The van der Waals surface area contributed by atoms with E-state index in [2.05, 4.69) is 42.2 Å². The highest BCUT2D eigenvalue weighted by Crippen LogP contribution is 2.27. The minimum Gasteiger partial charge on any atom is -0.311 e. The Bertz CT molecular complexity index is 315. The molecule has 5 heteroatoms. The van der Waals surface area contributed by atoms with Crippen LogP contribution < -0.4 is 5.32 Å². The topological polar surface area (TPSA) is 42.0 Å². The lowest BCUT2D eigenvalue weighted by atomic mass is 10.4. The Morgan fingerprint density at radius 1 is 1.54 bits per heavy atom. The number of alkyl halides is 2. The standard InChI is InChI=1S/C8H8Br2N2O/c1-5(13)11-7-4-2-3-6(12-7)8(9)10/h2-4,8H,1H3,(H,11,12,13). The molecule has 1 heterocycles. The first-order valence-corrected chi connectivity index (χ1v) is 5.45. The summed E-state index contributed by atoms with van der Waals surface area (Å²) in [6.45, 7) is 1.45. The van der Waals surface area contributed by atoms with Gasteiger partial charge in [-0.15, -0.1) is 0 Å². The molecular weight excluding hydrogens is 300 g/mol. The lowest BCUT2D eigenvalue weighted by Crippen LogP contribution is -2.07. The molecular formula is C8H8Br2N2O. The number of pyridine rings is 1. The van der Waals surface area contributed by atoms with E-state index >= 15 is 0 Å². The van der Waals surface area contributed by atoms with E-state index in [0.717, 1.165) is 5.69 Å². The minimum atomic E-state index is -0.120. The Morgan fingerprint density at radius 3 is 2.77 bits per heavy atom. The fourth-order valence-electron chi connectivity index (χ4n) is 0.823. The van der Waals surface area contributed by atoms with Crippen LogP contribution in [-0.4, -0.2) is 10.9 Å². The Kier molecular flexibility index (Phi) is 3.87. The average molecular weight is 308 g/mol. The van der Waals surface area contributed by atoms with Crippen molar-refractivity contribution in [2.75, 3.05) is 5.32 Å². The average Bonchev–Trinajstić information content (AvgIpc) is 2.03. The van der Waals surface area contributed by atoms with Gasteiger partial charge in [-0.1, -0.05) is 37.9 Å². The molecule has 13 heavy (non-hydrogen) atoms. The van der Waals surface area contributed by atoms with E-state index in [9.17, 15) is 4.79 Å². The zero-order valence-electron chi connectivity index (χ0n) is 6.92. The Morgan fingerprint density at radius 2 is 2.23 bits per heavy atom. The molecule has 0 aromatic carbocycles. The van der Waals surface area contributed by atoms with Gasteiger partial charge >= 0.3 is 0 Å². The fraction of sp³-hybridized carbons (Fsp3) is 0.250. The number of nitrogens with one attached hydrogen (secondary N) is 1. The number of hydrogen-bond donors (Lipinski definition) is 1. The van der Waals surface area contributed by atoms with Crippen molar-refractivity contribution in [1.82, 2.24) is 4.98 Å². The highest BCUT2D eigenvalue weighted by Gasteiger charge is 2.04. The molecule has 0 aliphatic rings. The monoisotopic (exact) mass is 306 g/mol. The number of carbonyl (C=O) groups excluding carboxylic acids is 1. The third-order valence-electron chi connectivity index (χ3n) is 1.30. The molecule has 0 atom stereocenters. The van der Waals surface area contributed by atoms with Gasteiger partial charge in [0.1, 0.15) is 9.55 Å². The van der Waals surface area contributed by atoms with Gasteiger partial charge in [0, 0.05) is 6.92 Å². The van der Waals surface area contributed by atoms with Crippen LogP contribution in [-0.2, 0) is 4.79 Å². The molecule has 70 valence electrons. The van der Waals surface area contributed by atoms with Crippen LogP contribution in [0.25, 0.3) is 0 Å². The summed E-state index contributed by atoms with van der Waals surface area (Å²) in [6.07, 6.45) is 0. The predicted molar refractivity (Wildman–Crippen MR) is 59.1 cm³/mol. The zero-order valence-corrected chi connectivity index (χ0v) is 10.1. The first kappa shape index (κ1) is 10.7. The Balaban J connectivity index is 2.85. The minimum absolute atomic E-state index is 0.00806. The maximum absolute atomic E-state index is 10.7. The van der Waals surface area contributed by atoms with Crippen LogP contribution in [0.1, 0.15) is 16.4 Å². The lowest BCUT2D eigenvalue weighted by molar-refractivity contribution is -0.114. The zero-order chi connectivity index (χ0) is 9.84. The van der Waals surface area contributed by atoms with E-state index in [1.165, 1.54) is 6.92 Å². The second-order valence-corrected chi connectivity index (χ2v) is 5.49. The van der Waals surface area contributed by atoms with Crippen molar-refractivity contribution >= 4 is 43.6 Å². The molecule has 0 aliphatic heterocycles. The van der Waals surface area contributed by atoms with Gasteiger partial charge in [0.2, 0.25) is 5.91 Å². The third kappa shape index (κ3) is 3.44. The largest absolute Gasteiger partial charge is 0.311 e. The van der Waals surface area contributed by atoms with Crippen molar-refractivity contribution in [1.29, 1.82) is 0 Å². The van der Waals surface area contributed by atoms with Gasteiger partial charge in [-0.05, 0) is 12.1 Å². The van der Waals surface area contributed by atoms with Gasteiger partial charge in [0.25, 0.3) is 0 Å². The number of halogens is 2. The maximum atomic E-state index is 10.7. The maximum Gasteiger partial charge on any atom is 0.222 e. The Hall–Kier alpha value is -0.420. The molecule has 0 saturated carbocycles. The first-order valence-electron chi connectivity index (χ1n) is 3.62. The summed E-state index contributed by atoms with van der Waals surface area (Å²) in [4.78, 5) is 14.9. The smallest absolute Gasteiger partial charge is 0.222 e. The fourth-order valence-corrected chi connectivity index (χ4v) is 1.33. The summed E-state index contributed by atoms with van der Waals surface area (Å²) in [5, 5.41) is 2.61. The second kappa shape index (κ2) is 4.72. The van der Waals surface area contributed by atoms with E-state index in [1.54, 1.807) is 6.07 Å². The number of anilines is 1. The van der Waals surface area contributed by atoms with Crippen molar-refractivity contribution < 1.29 is 4.79 Å². The van der Waals surface area contributed by atoms with Gasteiger partial charge < -0.3 is 5.32 Å². The molecule has 1 aromatic rings. The number of hydrogen-bond acceptors (Lipinski definition) is 2. The van der Waals surface area contributed by atoms with Crippen molar-refractivity contribution in [3.63, 3.8) is 0 Å². The number of nitrogens with zero attached hydrogens (tertiary/aromatic N) is 1. The van der Waals surface area contributed by atoms with E-state index in [-0.39, 0.29) is 9.64 Å². The van der Waals surface area contributed by atoms with Crippen LogP contribution in [0.5, 0.6) is 0 Å². The van der Waals surface area contributed by atoms with E-state index in [1.807, 2.05) is 12.1 Å². The van der Waals surface area contributed by atoms with Gasteiger partial charge in [-0.2, -0.15) is 0 Å². The van der Waals surface area contributed by atoms with Crippen molar-refractivity contribution in [2.45, 2.75) is 10.7 Å². The summed E-state index contributed by atoms with van der Waals surface area (Å²) < 4.78 is 0.00806. The van der Waals surface area contributed by atoms with Crippen molar-refractivity contribution in [3.05, 3.63) is 23.9 Å². The third-order valence-corrected chi connectivity index (χ3v) is 2.24. The number of amides is 1. The van der Waals surface area contributed by atoms with E-state index in [4.69, 9.17) is 0 Å². The molecule has 1 rings (SSSR count). The molecule has 0 radical (unpaired) electrons. The van der Waals surface area contributed by atoms with E-state index in [0.29, 0.717) is 5.82 Å². The number of carbonyl (C=O) groups is 1. The summed E-state index contributed by atoms with van der Waals surface area (Å²) >= 11 is 6.65. The molecule has 0 spiro atoms. The first-order chi connectivity index (χ1) is 6.09. The number of aromatic nitrogens is 1. The summed E-state index contributed by atoms with van der Waals surface area (Å²) in [5.74, 6) is 0.444. The quantitative estimate of drug-likeness (QED) is 0.854. The van der Waals surface area contributed by atoms with Crippen LogP contribution >= 0.6 is 31.9 Å². The lowest BCUT2D eigenvalue weighted by Gasteiger charge is -2.04. The molecule has 3 nitrogen and oxygen atoms in total. The molecule has 1 aromatic heterocycles. The van der Waals surface area contributed by atoms with Crippen molar-refractivity contribution in [3.8, 4) is 0 Å². The van der Waals surface area contributed by atoms with Gasteiger partial charge in [-0.25, -0.2) is 4.98 Å². The molecule has 0 saturated heterocycles. The summed E-state index contributed by atoms with van der Waals surface area (Å²) in [6, 6.07) is 5.44. The van der Waals surface area contributed by atoms with Crippen molar-refractivity contribution in [2.24, 2.45) is 0 Å². The van der Waals surface area contributed by atoms with Crippen LogP contribution in [0.3, 0.4) is 0 Å². The highest BCUT2D eigenvalue weighted by molar-refractivity contribution is 9.24. The summed E-state index contributed by atoms with van der Waals surface area (Å²) in [7, 11) is 0. The normalized spacial score (nSPS) is 10.2. The molecule has 0 bridgehead atoms. The SMILES string of the molecule is CC(=O)Nc1cccc(C(Br)Br)n1. The van der Waals surface area contributed by atoms with Crippen LogP contribution in [0.15, 0.2) is 18.2 Å². The highest BCUT2D eigenvalue weighted by atomic mass is 79.9. The molecule has 0 aliphatic carbocycles. The molecule has 0 fully saturated rings. The summed E-state index contributed by atoms with van der Waals surface area (Å²) in [5.41, 5.74) is 0.825. The second-order valence-electron chi connectivity index (χ2n) is 2.43. The predicted octanol–water partition coefficient (Wildman–Crippen LogP) is 2.83. The van der Waals surface area contributed by atoms with Crippen LogP contribution in [0.4, 0.5) is 5.82 Å². The van der Waals surface area contributed by atoms with Gasteiger partial charge in [-0.3, -0.25) is 4.79 Å². The van der Waals surface area contributed by atoms with Crippen LogP contribution in [0, 0.1) is 0 Å². The van der Waals surface area contributed by atoms with Crippen LogP contribution in [0.2, 0.25) is 0 Å². The molecule has 0 unspecified atom stereocenters. The number of rotatable bonds is 2. The van der Waals surface area contributed by atoms with Gasteiger partial charge in [0.05, 0.1) is 5.69 Å².